The Bertz CT molecular complexity index is 513. The van der Waals surface area contributed by atoms with E-state index in [0.717, 1.165) is 12.0 Å². The molecule has 1 unspecified atom stereocenters. The van der Waals surface area contributed by atoms with Gasteiger partial charge in [-0.25, -0.2) is 0 Å². The molecule has 2 rings (SSSR count). The molecule has 1 aromatic carbocycles. The molecule has 94 valence electrons. The van der Waals surface area contributed by atoms with Crippen molar-refractivity contribution in [3.8, 4) is 0 Å². The van der Waals surface area contributed by atoms with Gasteiger partial charge in [0.15, 0.2) is 0 Å². The number of nitrogens with two attached hydrogens (primary N) is 1. The number of hydrogen-bond acceptors (Lipinski definition) is 3. The van der Waals surface area contributed by atoms with E-state index >= 15 is 0 Å². The molecule has 0 aliphatic heterocycles. The largest absolute Gasteiger partial charge is 0.398 e. The summed E-state index contributed by atoms with van der Waals surface area (Å²) < 4.78 is 0. The third-order valence-electron chi connectivity index (χ3n) is 3.16. The fourth-order valence-electron chi connectivity index (χ4n) is 2.26. The lowest BCUT2D eigenvalue weighted by atomic mass is 9.83. The van der Waals surface area contributed by atoms with Gasteiger partial charge in [0.05, 0.1) is 0 Å². The number of rotatable bonds is 4. The van der Waals surface area contributed by atoms with E-state index in [0.29, 0.717) is 17.7 Å². The minimum atomic E-state index is -1.06. The first-order valence-corrected chi connectivity index (χ1v) is 6.16. The van der Waals surface area contributed by atoms with E-state index in [1.807, 2.05) is 37.3 Å². The highest BCUT2D eigenvalue weighted by molar-refractivity contribution is 5.51. The molecule has 0 spiro atoms. The van der Waals surface area contributed by atoms with E-state index in [4.69, 9.17) is 5.73 Å². The second-order valence-electron chi connectivity index (χ2n) is 4.44. The molecule has 0 saturated heterocycles. The standard InChI is InChI=1S/C15H18N2O/c1-2-9-15(18,12-6-4-3-5-7-12)13-11-17-10-8-14(13)16/h3-8,10-11,18H,2,9H2,1H3,(H2,16,17). The molecule has 3 heteroatoms. The highest BCUT2D eigenvalue weighted by Crippen LogP contribution is 2.36. The summed E-state index contributed by atoms with van der Waals surface area (Å²) in [6.45, 7) is 2.04. The van der Waals surface area contributed by atoms with Crippen molar-refractivity contribution < 1.29 is 5.11 Å². The average molecular weight is 242 g/mol. The second kappa shape index (κ2) is 5.19. The van der Waals surface area contributed by atoms with E-state index in [1.165, 1.54) is 0 Å². The van der Waals surface area contributed by atoms with Crippen LogP contribution >= 0.6 is 0 Å². The topological polar surface area (TPSA) is 59.1 Å². The van der Waals surface area contributed by atoms with Gasteiger partial charge in [-0.15, -0.1) is 0 Å². The number of pyridine rings is 1. The van der Waals surface area contributed by atoms with Crippen LogP contribution in [0.3, 0.4) is 0 Å². The van der Waals surface area contributed by atoms with Crippen LogP contribution in [-0.4, -0.2) is 10.1 Å². The Labute approximate surface area is 107 Å². The fraction of sp³-hybridized carbons (Fsp3) is 0.267. The first-order chi connectivity index (χ1) is 8.68. The molecule has 0 fully saturated rings. The van der Waals surface area contributed by atoms with Crippen molar-refractivity contribution in [2.45, 2.75) is 25.4 Å². The van der Waals surface area contributed by atoms with Crippen LogP contribution < -0.4 is 5.73 Å². The lowest BCUT2D eigenvalue weighted by Crippen LogP contribution is -2.28. The third kappa shape index (κ3) is 2.22. The number of hydrogen-bond donors (Lipinski definition) is 2. The van der Waals surface area contributed by atoms with Crippen LogP contribution in [-0.2, 0) is 5.60 Å². The van der Waals surface area contributed by atoms with Gasteiger partial charge in [0.25, 0.3) is 0 Å². The average Bonchev–Trinajstić information content (AvgIpc) is 2.40. The van der Waals surface area contributed by atoms with Gasteiger partial charge in [0.2, 0.25) is 0 Å². The molecule has 0 aliphatic carbocycles. The molecule has 0 amide bonds. The van der Waals surface area contributed by atoms with Crippen LogP contribution in [0.4, 0.5) is 5.69 Å². The summed E-state index contributed by atoms with van der Waals surface area (Å²) >= 11 is 0. The van der Waals surface area contributed by atoms with Crippen molar-refractivity contribution in [1.82, 2.24) is 4.98 Å². The second-order valence-corrected chi connectivity index (χ2v) is 4.44. The van der Waals surface area contributed by atoms with Gasteiger partial charge in [0.1, 0.15) is 5.60 Å². The Balaban J connectivity index is 2.55. The molecule has 1 heterocycles. The molecule has 0 bridgehead atoms. The van der Waals surface area contributed by atoms with E-state index in [2.05, 4.69) is 4.98 Å². The smallest absolute Gasteiger partial charge is 0.118 e. The highest BCUT2D eigenvalue weighted by Gasteiger charge is 2.32. The van der Waals surface area contributed by atoms with E-state index in [9.17, 15) is 5.11 Å². The Morgan fingerprint density at radius 3 is 2.56 bits per heavy atom. The van der Waals surface area contributed by atoms with E-state index in [1.54, 1.807) is 18.5 Å². The molecular weight excluding hydrogens is 224 g/mol. The van der Waals surface area contributed by atoms with Gasteiger partial charge in [-0.3, -0.25) is 4.98 Å². The third-order valence-corrected chi connectivity index (χ3v) is 3.16. The molecule has 2 aromatic rings. The van der Waals surface area contributed by atoms with Gasteiger partial charge < -0.3 is 10.8 Å². The first kappa shape index (κ1) is 12.6. The number of aliphatic hydroxyl groups is 1. The van der Waals surface area contributed by atoms with Crippen molar-refractivity contribution in [2.75, 3.05) is 5.73 Å². The summed E-state index contributed by atoms with van der Waals surface area (Å²) in [5.41, 5.74) is 7.02. The predicted molar refractivity (Wildman–Crippen MR) is 73.0 cm³/mol. The van der Waals surface area contributed by atoms with Crippen LogP contribution in [0.15, 0.2) is 48.8 Å². The molecule has 3 nitrogen and oxygen atoms in total. The van der Waals surface area contributed by atoms with Crippen LogP contribution in [0.2, 0.25) is 0 Å². The molecule has 18 heavy (non-hydrogen) atoms. The number of nitrogen functional groups attached to an aromatic ring is 1. The summed E-state index contributed by atoms with van der Waals surface area (Å²) in [5, 5.41) is 11.0. The summed E-state index contributed by atoms with van der Waals surface area (Å²) in [5.74, 6) is 0. The summed E-state index contributed by atoms with van der Waals surface area (Å²) in [4.78, 5) is 4.08. The Hall–Kier alpha value is -1.87. The maximum absolute atomic E-state index is 11.0. The quantitative estimate of drug-likeness (QED) is 0.866. The maximum atomic E-state index is 11.0. The van der Waals surface area contributed by atoms with Crippen molar-refractivity contribution in [2.24, 2.45) is 0 Å². The van der Waals surface area contributed by atoms with Crippen LogP contribution in [0.5, 0.6) is 0 Å². The zero-order chi connectivity index (χ0) is 13.0. The SMILES string of the molecule is CCCC(O)(c1ccccc1)c1cnccc1N. The zero-order valence-electron chi connectivity index (χ0n) is 10.5. The van der Waals surface area contributed by atoms with Gasteiger partial charge >= 0.3 is 0 Å². The first-order valence-electron chi connectivity index (χ1n) is 6.16. The molecule has 0 aliphatic rings. The summed E-state index contributed by atoms with van der Waals surface area (Å²) in [6.07, 6.45) is 4.76. The monoisotopic (exact) mass is 242 g/mol. The molecule has 0 radical (unpaired) electrons. The molecule has 3 N–H and O–H groups in total. The predicted octanol–water partition coefficient (Wildman–Crippen LogP) is 2.70. The highest BCUT2D eigenvalue weighted by atomic mass is 16.3. The minimum Gasteiger partial charge on any atom is -0.398 e. The maximum Gasteiger partial charge on any atom is 0.118 e. The fourth-order valence-corrected chi connectivity index (χ4v) is 2.26. The Kier molecular flexibility index (Phi) is 3.63. The van der Waals surface area contributed by atoms with Crippen molar-refractivity contribution in [1.29, 1.82) is 0 Å². The van der Waals surface area contributed by atoms with Gasteiger partial charge in [-0.05, 0) is 18.1 Å². The summed E-state index contributed by atoms with van der Waals surface area (Å²) in [7, 11) is 0. The lowest BCUT2D eigenvalue weighted by Gasteiger charge is -2.29. The molecule has 1 aromatic heterocycles. The lowest BCUT2D eigenvalue weighted by molar-refractivity contribution is 0.0706. The normalized spacial score (nSPS) is 14.1. The van der Waals surface area contributed by atoms with E-state index < -0.39 is 5.60 Å². The molecule has 1 atom stereocenters. The number of anilines is 1. The number of aromatic nitrogens is 1. The van der Waals surface area contributed by atoms with Crippen LogP contribution in [0, 0.1) is 0 Å². The van der Waals surface area contributed by atoms with Gasteiger partial charge in [0, 0.05) is 23.6 Å². The van der Waals surface area contributed by atoms with Crippen molar-refractivity contribution in [3.63, 3.8) is 0 Å². The molecular formula is C15H18N2O. The van der Waals surface area contributed by atoms with Crippen LogP contribution in [0.25, 0.3) is 0 Å². The molecule has 0 saturated carbocycles. The van der Waals surface area contributed by atoms with Crippen molar-refractivity contribution in [3.05, 3.63) is 59.9 Å². The zero-order valence-corrected chi connectivity index (χ0v) is 10.5. The van der Waals surface area contributed by atoms with Gasteiger partial charge in [-0.1, -0.05) is 43.7 Å². The van der Waals surface area contributed by atoms with Gasteiger partial charge in [-0.2, -0.15) is 0 Å². The minimum absolute atomic E-state index is 0.574. The van der Waals surface area contributed by atoms with E-state index in [-0.39, 0.29) is 0 Å². The Morgan fingerprint density at radius 2 is 1.94 bits per heavy atom. The number of nitrogens with zero attached hydrogens (tertiary/aromatic N) is 1. The number of benzene rings is 1. The summed E-state index contributed by atoms with van der Waals surface area (Å²) in [6, 6.07) is 11.3. The van der Waals surface area contributed by atoms with Crippen LogP contribution in [0.1, 0.15) is 30.9 Å². The Morgan fingerprint density at radius 1 is 1.22 bits per heavy atom. The van der Waals surface area contributed by atoms with Crippen molar-refractivity contribution >= 4 is 5.69 Å².